The molecule has 6 heteroatoms. The van der Waals surface area contributed by atoms with E-state index in [4.69, 9.17) is 9.47 Å². The Bertz CT molecular complexity index is 552. The number of halogens is 1. The number of amides is 1. The van der Waals surface area contributed by atoms with E-state index >= 15 is 0 Å². The van der Waals surface area contributed by atoms with Crippen LogP contribution in [0.3, 0.4) is 0 Å². The average molecular weight is 338 g/mol. The summed E-state index contributed by atoms with van der Waals surface area (Å²) in [5.41, 5.74) is 1.28. The standard InChI is InChI=1S/C18H27FN2O3/c1-12-9-13(11-14(19)10-12)16-15(5-6-20-16)23-8-7-21-17(22)24-18(2,3)4/h9-11,15-16,20H,5-8H2,1-4H3,(H,21,22)/t15-,16-/m1/s1. The number of aryl methyl sites for hydroxylation is 1. The van der Waals surface area contributed by atoms with Crippen molar-refractivity contribution in [2.45, 2.75) is 51.9 Å². The largest absolute Gasteiger partial charge is 0.444 e. The molecule has 1 saturated heterocycles. The highest BCUT2D eigenvalue weighted by Crippen LogP contribution is 2.27. The maximum Gasteiger partial charge on any atom is 0.407 e. The molecule has 1 heterocycles. The van der Waals surface area contributed by atoms with Crippen molar-refractivity contribution < 1.29 is 18.7 Å². The van der Waals surface area contributed by atoms with Crippen LogP contribution >= 0.6 is 0 Å². The van der Waals surface area contributed by atoms with Gasteiger partial charge in [0.15, 0.2) is 0 Å². The Morgan fingerprint density at radius 2 is 2.12 bits per heavy atom. The SMILES string of the molecule is Cc1cc(F)cc([C@H]2NCC[C@H]2OCCNC(=O)OC(C)(C)C)c1. The van der Waals surface area contributed by atoms with Gasteiger partial charge in [-0.25, -0.2) is 9.18 Å². The molecule has 1 aliphatic heterocycles. The maximum absolute atomic E-state index is 13.6. The molecule has 0 aromatic heterocycles. The van der Waals surface area contributed by atoms with Gasteiger partial charge in [-0.2, -0.15) is 0 Å². The number of hydrogen-bond donors (Lipinski definition) is 2. The third kappa shape index (κ3) is 5.76. The summed E-state index contributed by atoms with van der Waals surface area (Å²) in [5.74, 6) is -0.232. The van der Waals surface area contributed by atoms with Gasteiger partial charge in [0, 0.05) is 6.54 Å². The summed E-state index contributed by atoms with van der Waals surface area (Å²) in [4.78, 5) is 11.6. The summed E-state index contributed by atoms with van der Waals surface area (Å²) in [6, 6.07) is 5.01. The van der Waals surface area contributed by atoms with E-state index < -0.39 is 11.7 Å². The van der Waals surface area contributed by atoms with Crippen LogP contribution in [0.25, 0.3) is 0 Å². The fourth-order valence-electron chi connectivity index (χ4n) is 2.81. The van der Waals surface area contributed by atoms with E-state index in [0.717, 1.165) is 24.1 Å². The highest BCUT2D eigenvalue weighted by atomic mass is 19.1. The lowest BCUT2D eigenvalue weighted by Crippen LogP contribution is -2.35. The van der Waals surface area contributed by atoms with E-state index in [0.29, 0.717) is 13.2 Å². The fraction of sp³-hybridized carbons (Fsp3) is 0.611. The molecule has 1 amide bonds. The van der Waals surface area contributed by atoms with Crippen molar-refractivity contribution in [2.75, 3.05) is 19.7 Å². The molecule has 0 unspecified atom stereocenters. The number of carbonyl (C=O) groups excluding carboxylic acids is 1. The lowest BCUT2D eigenvalue weighted by atomic mass is 10.0. The van der Waals surface area contributed by atoms with Crippen LogP contribution in [0.15, 0.2) is 18.2 Å². The molecule has 1 fully saturated rings. The first-order chi connectivity index (χ1) is 11.2. The van der Waals surface area contributed by atoms with Crippen LogP contribution in [0.2, 0.25) is 0 Å². The average Bonchev–Trinajstić information content (AvgIpc) is 2.89. The van der Waals surface area contributed by atoms with Gasteiger partial charge in [0.05, 0.1) is 18.8 Å². The molecule has 2 atom stereocenters. The zero-order valence-electron chi connectivity index (χ0n) is 14.8. The van der Waals surface area contributed by atoms with Gasteiger partial charge in [0.2, 0.25) is 0 Å². The molecule has 1 aromatic rings. The number of benzene rings is 1. The molecular weight excluding hydrogens is 311 g/mol. The zero-order chi connectivity index (χ0) is 17.7. The molecule has 1 aliphatic rings. The predicted molar refractivity (Wildman–Crippen MR) is 90.5 cm³/mol. The Hall–Kier alpha value is -1.66. The Balaban J connectivity index is 1.81. The van der Waals surface area contributed by atoms with Crippen LogP contribution in [0, 0.1) is 12.7 Å². The predicted octanol–water partition coefficient (Wildman–Crippen LogP) is 3.08. The van der Waals surface area contributed by atoms with Crippen molar-refractivity contribution in [3.05, 3.63) is 35.1 Å². The first-order valence-electron chi connectivity index (χ1n) is 8.33. The minimum atomic E-state index is -0.513. The normalized spacial score (nSPS) is 20.9. The molecule has 2 rings (SSSR count). The van der Waals surface area contributed by atoms with Gasteiger partial charge in [-0.05, 0) is 63.9 Å². The Kier molecular flexibility index (Phi) is 6.18. The van der Waals surface area contributed by atoms with E-state index in [1.165, 1.54) is 6.07 Å². The van der Waals surface area contributed by atoms with Crippen LogP contribution in [0.4, 0.5) is 9.18 Å². The highest BCUT2D eigenvalue weighted by Gasteiger charge is 2.29. The van der Waals surface area contributed by atoms with Gasteiger partial charge in [0.25, 0.3) is 0 Å². The van der Waals surface area contributed by atoms with Crippen LogP contribution < -0.4 is 10.6 Å². The van der Waals surface area contributed by atoms with Crippen molar-refractivity contribution >= 4 is 6.09 Å². The van der Waals surface area contributed by atoms with Crippen LogP contribution in [-0.2, 0) is 9.47 Å². The summed E-state index contributed by atoms with van der Waals surface area (Å²) < 4.78 is 24.7. The molecule has 0 spiro atoms. The molecule has 0 radical (unpaired) electrons. The minimum absolute atomic E-state index is 0.0269. The topological polar surface area (TPSA) is 59.6 Å². The van der Waals surface area contributed by atoms with Gasteiger partial charge >= 0.3 is 6.09 Å². The van der Waals surface area contributed by atoms with Gasteiger partial charge in [0.1, 0.15) is 11.4 Å². The van der Waals surface area contributed by atoms with Crippen molar-refractivity contribution in [1.82, 2.24) is 10.6 Å². The zero-order valence-corrected chi connectivity index (χ0v) is 14.8. The maximum atomic E-state index is 13.6. The lowest BCUT2D eigenvalue weighted by Gasteiger charge is -2.22. The lowest BCUT2D eigenvalue weighted by molar-refractivity contribution is 0.0352. The number of rotatable bonds is 5. The third-order valence-corrected chi connectivity index (χ3v) is 3.69. The van der Waals surface area contributed by atoms with Gasteiger partial charge in [-0.15, -0.1) is 0 Å². The van der Waals surface area contributed by atoms with E-state index in [2.05, 4.69) is 10.6 Å². The van der Waals surface area contributed by atoms with E-state index in [1.54, 1.807) is 6.07 Å². The molecule has 0 bridgehead atoms. The Labute approximate surface area is 142 Å². The molecule has 1 aromatic carbocycles. The molecule has 0 aliphatic carbocycles. The smallest absolute Gasteiger partial charge is 0.407 e. The molecular formula is C18H27FN2O3. The van der Waals surface area contributed by atoms with Gasteiger partial charge in [-0.3, -0.25) is 0 Å². The van der Waals surface area contributed by atoms with Crippen molar-refractivity contribution in [2.24, 2.45) is 0 Å². The molecule has 134 valence electrons. The Morgan fingerprint density at radius 3 is 2.79 bits per heavy atom. The van der Waals surface area contributed by atoms with Gasteiger partial charge < -0.3 is 20.1 Å². The first kappa shape index (κ1) is 18.7. The molecule has 2 N–H and O–H groups in total. The fourth-order valence-corrected chi connectivity index (χ4v) is 2.81. The van der Waals surface area contributed by atoms with E-state index in [1.807, 2.05) is 33.8 Å². The van der Waals surface area contributed by atoms with E-state index in [9.17, 15) is 9.18 Å². The molecule has 5 nitrogen and oxygen atoms in total. The number of ether oxygens (including phenoxy) is 2. The third-order valence-electron chi connectivity index (χ3n) is 3.69. The summed E-state index contributed by atoms with van der Waals surface area (Å²) in [7, 11) is 0. The van der Waals surface area contributed by atoms with Crippen LogP contribution in [0.5, 0.6) is 0 Å². The van der Waals surface area contributed by atoms with E-state index in [-0.39, 0.29) is 18.0 Å². The summed E-state index contributed by atoms with van der Waals surface area (Å²) in [6.45, 7) is 8.92. The van der Waals surface area contributed by atoms with Crippen molar-refractivity contribution in [1.29, 1.82) is 0 Å². The molecule has 24 heavy (non-hydrogen) atoms. The van der Waals surface area contributed by atoms with Gasteiger partial charge in [-0.1, -0.05) is 6.07 Å². The minimum Gasteiger partial charge on any atom is -0.444 e. The van der Waals surface area contributed by atoms with Crippen LogP contribution in [0.1, 0.15) is 44.4 Å². The highest BCUT2D eigenvalue weighted by molar-refractivity contribution is 5.67. The van der Waals surface area contributed by atoms with Crippen molar-refractivity contribution in [3.8, 4) is 0 Å². The van der Waals surface area contributed by atoms with Crippen molar-refractivity contribution in [3.63, 3.8) is 0 Å². The second-order valence-corrected chi connectivity index (χ2v) is 7.12. The summed E-state index contributed by atoms with van der Waals surface area (Å²) >= 11 is 0. The van der Waals surface area contributed by atoms with Crippen LogP contribution in [-0.4, -0.2) is 37.5 Å². The number of carbonyl (C=O) groups is 1. The summed E-state index contributed by atoms with van der Waals surface area (Å²) in [5, 5.41) is 6.02. The Morgan fingerprint density at radius 1 is 1.38 bits per heavy atom. The second kappa shape index (κ2) is 7.94. The monoisotopic (exact) mass is 338 g/mol. The number of alkyl carbamates (subject to hydrolysis) is 1. The second-order valence-electron chi connectivity index (χ2n) is 7.12. The number of nitrogens with one attached hydrogen (secondary N) is 2. The summed E-state index contributed by atoms with van der Waals surface area (Å²) in [6.07, 6.45) is 0.367. The number of hydrogen-bond acceptors (Lipinski definition) is 4. The molecule has 0 saturated carbocycles. The quantitative estimate of drug-likeness (QED) is 0.810. The first-order valence-corrected chi connectivity index (χ1v) is 8.33.